The van der Waals surface area contributed by atoms with E-state index in [4.69, 9.17) is 4.74 Å². The molecule has 0 fully saturated rings. The summed E-state index contributed by atoms with van der Waals surface area (Å²) >= 11 is 3.48. The first-order valence-corrected chi connectivity index (χ1v) is 11.2. The van der Waals surface area contributed by atoms with Crippen LogP contribution in [0.4, 0.5) is 0 Å². The van der Waals surface area contributed by atoms with Gasteiger partial charge in [-0.1, -0.05) is 86.7 Å². The number of unbranched alkanes of at least 4 members (excludes halogenated alkanes) is 11. The molecule has 0 aromatic rings. The minimum absolute atomic E-state index is 0.0213. The summed E-state index contributed by atoms with van der Waals surface area (Å²) in [5.41, 5.74) is 0. The van der Waals surface area contributed by atoms with Crippen molar-refractivity contribution in [1.29, 1.82) is 0 Å². The molecule has 0 spiro atoms. The lowest BCUT2D eigenvalue weighted by molar-refractivity contribution is -0.144. The van der Waals surface area contributed by atoms with Crippen LogP contribution < -0.4 is 0 Å². The molecule has 1 atom stereocenters. The molecule has 24 heavy (non-hydrogen) atoms. The molecule has 0 saturated carbocycles. The predicted octanol–water partition coefficient (Wildman–Crippen LogP) is 7.35. The van der Waals surface area contributed by atoms with Gasteiger partial charge < -0.3 is 4.74 Å². The second-order valence-electron chi connectivity index (χ2n) is 6.73. The van der Waals surface area contributed by atoms with Gasteiger partial charge in [0.1, 0.15) is 6.10 Å². The summed E-state index contributed by atoms with van der Waals surface area (Å²) in [5, 5.41) is 1.15. The van der Waals surface area contributed by atoms with E-state index in [1.807, 2.05) is 0 Å². The van der Waals surface area contributed by atoms with Gasteiger partial charge >= 0.3 is 5.97 Å². The topological polar surface area (TPSA) is 26.3 Å². The van der Waals surface area contributed by atoms with Crippen molar-refractivity contribution < 1.29 is 9.53 Å². The second-order valence-corrected chi connectivity index (χ2v) is 7.52. The highest BCUT2D eigenvalue weighted by Gasteiger charge is 2.06. The quantitative estimate of drug-likeness (QED) is 0.110. The van der Waals surface area contributed by atoms with E-state index in [0.29, 0.717) is 0 Å². The summed E-state index contributed by atoms with van der Waals surface area (Å²) in [6.07, 6.45) is 22.2. The van der Waals surface area contributed by atoms with Crippen molar-refractivity contribution in [2.75, 3.05) is 5.33 Å². The van der Waals surface area contributed by atoms with Gasteiger partial charge in [0.05, 0.1) is 0 Å². The lowest BCUT2D eigenvalue weighted by Gasteiger charge is -2.12. The van der Waals surface area contributed by atoms with Gasteiger partial charge in [-0.3, -0.25) is 4.79 Å². The molecule has 2 nitrogen and oxygen atoms in total. The number of esters is 1. The van der Waals surface area contributed by atoms with Gasteiger partial charge in [-0.2, -0.15) is 0 Å². The van der Waals surface area contributed by atoms with Crippen LogP contribution in [0.25, 0.3) is 0 Å². The van der Waals surface area contributed by atoms with Gasteiger partial charge in [0.2, 0.25) is 0 Å². The summed E-state index contributed by atoms with van der Waals surface area (Å²) in [4.78, 5) is 11.1. The van der Waals surface area contributed by atoms with Crippen molar-refractivity contribution in [2.45, 2.75) is 110 Å². The minimum atomic E-state index is -0.173. The lowest BCUT2D eigenvalue weighted by atomic mass is 10.1. The third kappa shape index (κ3) is 18.0. The summed E-state index contributed by atoms with van der Waals surface area (Å²) in [6, 6.07) is 0. The average Bonchev–Trinajstić information content (AvgIpc) is 2.56. The molecule has 0 rings (SSSR count). The van der Waals surface area contributed by atoms with Crippen LogP contribution in [-0.4, -0.2) is 17.4 Å². The zero-order chi connectivity index (χ0) is 17.9. The number of rotatable bonds is 17. The first-order chi connectivity index (χ1) is 11.7. The molecule has 0 amide bonds. The third-order valence-electron chi connectivity index (χ3n) is 4.26. The van der Waals surface area contributed by atoms with Crippen molar-refractivity contribution in [3.8, 4) is 0 Å². The Kier molecular flexibility index (Phi) is 18.8. The van der Waals surface area contributed by atoms with Gasteiger partial charge in [-0.05, 0) is 38.2 Å². The molecule has 0 aliphatic heterocycles. The molecule has 0 bridgehead atoms. The van der Waals surface area contributed by atoms with E-state index < -0.39 is 0 Å². The van der Waals surface area contributed by atoms with Crippen LogP contribution in [0.5, 0.6) is 0 Å². The largest absolute Gasteiger partial charge is 0.458 e. The number of hydrogen-bond donors (Lipinski definition) is 0. The Morgan fingerprint density at radius 3 is 1.96 bits per heavy atom. The molecule has 0 saturated heterocycles. The van der Waals surface area contributed by atoms with Crippen molar-refractivity contribution in [3.05, 3.63) is 12.2 Å². The summed E-state index contributed by atoms with van der Waals surface area (Å²) < 4.78 is 5.33. The molecule has 0 aliphatic rings. The van der Waals surface area contributed by atoms with Gasteiger partial charge in [-0.25, -0.2) is 0 Å². The zero-order valence-corrected chi connectivity index (χ0v) is 17.6. The normalized spacial score (nSPS) is 12.6. The first kappa shape index (κ1) is 23.7. The van der Waals surface area contributed by atoms with Crippen molar-refractivity contribution in [1.82, 2.24) is 0 Å². The number of allylic oxidation sites excluding steroid dienone is 1. The lowest BCUT2D eigenvalue weighted by Crippen LogP contribution is -2.13. The fourth-order valence-corrected chi connectivity index (χ4v) is 3.23. The smallest absolute Gasteiger partial charge is 0.303 e. The van der Waals surface area contributed by atoms with Crippen LogP contribution in [0.1, 0.15) is 104 Å². The Bertz CT molecular complexity index is 302. The fraction of sp³-hybridized carbons (Fsp3) is 0.857. The van der Waals surface area contributed by atoms with E-state index in [1.165, 1.54) is 71.1 Å². The SMILES string of the molecule is CCCC[C@H](C=CCCCCCCCCCCCCBr)OC(C)=O. The van der Waals surface area contributed by atoms with E-state index in [9.17, 15) is 4.79 Å². The monoisotopic (exact) mass is 402 g/mol. The Morgan fingerprint density at radius 2 is 1.46 bits per heavy atom. The minimum Gasteiger partial charge on any atom is -0.458 e. The number of carbonyl (C=O) groups excluding carboxylic acids is 1. The zero-order valence-electron chi connectivity index (χ0n) is 16.0. The van der Waals surface area contributed by atoms with E-state index in [-0.39, 0.29) is 12.1 Å². The van der Waals surface area contributed by atoms with E-state index >= 15 is 0 Å². The van der Waals surface area contributed by atoms with Crippen LogP contribution in [0.15, 0.2) is 12.2 Å². The number of hydrogen-bond acceptors (Lipinski definition) is 2. The Labute approximate surface area is 158 Å². The predicted molar refractivity (Wildman–Crippen MR) is 109 cm³/mol. The summed E-state index contributed by atoms with van der Waals surface area (Å²) in [7, 11) is 0. The average molecular weight is 403 g/mol. The Balaban J connectivity index is 3.47. The third-order valence-corrected chi connectivity index (χ3v) is 4.83. The molecule has 0 N–H and O–H groups in total. The van der Waals surface area contributed by atoms with Crippen molar-refractivity contribution in [3.63, 3.8) is 0 Å². The maximum absolute atomic E-state index is 11.1. The second kappa shape index (κ2) is 19.0. The maximum Gasteiger partial charge on any atom is 0.303 e. The first-order valence-electron chi connectivity index (χ1n) is 10.1. The molecule has 0 aromatic carbocycles. The van der Waals surface area contributed by atoms with Crippen molar-refractivity contribution >= 4 is 21.9 Å². The molecule has 0 aliphatic carbocycles. The number of alkyl halides is 1. The standard InChI is InChI=1S/C21H39BrO2/c1-3-4-17-21(24-20(2)23)18-15-13-11-9-7-5-6-8-10-12-14-16-19-22/h15,18,21H,3-14,16-17,19H2,1-2H3/t21-/m1/s1. The molecule has 0 aromatic heterocycles. The number of carbonyl (C=O) groups is 1. The summed E-state index contributed by atoms with van der Waals surface area (Å²) in [5.74, 6) is -0.173. The molecule has 142 valence electrons. The molecule has 0 unspecified atom stereocenters. The van der Waals surface area contributed by atoms with Gasteiger partial charge in [0.15, 0.2) is 0 Å². The summed E-state index contributed by atoms with van der Waals surface area (Å²) in [6.45, 7) is 3.66. The van der Waals surface area contributed by atoms with E-state index in [2.05, 4.69) is 35.0 Å². The highest BCUT2D eigenvalue weighted by molar-refractivity contribution is 9.09. The van der Waals surface area contributed by atoms with Crippen LogP contribution in [0, 0.1) is 0 Å². The highest BCUT2D eigenvalue weighted by Crippen LogP contribution is 2.13. The number of halogens is 1. The van der Waals surface area contributed by atoms with Gasteiger partial charge in [0, 0.05) is 12.3 Å². The van der Waals surface area contributed by atoms with Crippen LogP contribution in [0.3, 0.4) is 0 Å². The Morgan fingerprint density at radius 1 is 0.917 bits per heavy atom. The number of ether oxygens (including phenoxy) is 1. The molecular formula is C21H39BrO2. The van der Waals surface area contributed by atoms with Crippen molar-refractivity contribution in [2.24, 2.45) is 0 Å². The van der Waals surface area contributed by atoms with Gasteiger partial charge in [0.25, 0.3) is 0 Å². The molecular weight excluding hydrogens is 364 g/mol. The Hall–Kier alpha value is -0.310. The fourth-order valence-electron chi connectivity index (χ4n) is 2.83. The maximum atomic E-state index is 11.1. The van der Waals surface area contributed by atoms with Gasteiger partial charge in [-0.15, -0.1) is 0 Å². The molecule has 3 heteroatoms. The van der Waals surface area contributed by atoms with Crippen LogP contribution >= 0.6 is 15.9 Å². The van der Waals surface area contributed by atoms with Crippen LogP contribution in [0.2, 0.25) is 0 Å². The molecule has 0 heterocycles. The van der Waals surface area contributed by atoms with E-state index in [1.54, 1.807) is 0 Å². The van der Waals surface area contributed by atoms with Crippen LogP contribution in [-0.2, 0) is 9.53 Å². The molecule has 0 radical (unpaired) electrons. The highest BCUT2D eigenvalue weighted by atomic mass is 79.9. The van der Waals surface area contributed by atoms with E-state index in [0.717, 1.165) is 31.0 Å².